The van der Waals surface area contributed by atoms with Crippen molar-refractivity contribution in [3.05, 3.63) is 0 Å². The zero-order chi connectivity index (χ0) is 75.9. The van der Waals surface area contributed by atoms with E-state index in [4.69, 9.17) is 32.9 Å². The van der Waals surface area contributed by atoms with Crippen molar-refractivity contribution in [1.29, 1.82) is 0 Å². The number of esters is 4. The topological polar surface area (TPSA) is 313 Å². The monoisotopic (exact) mass is 1480 g/mol. The number of phosphoric ester groups is 1. The van der Waals surface area contributed by atoms with Crippen molar-refractivity contribution in [2.24, 2.45) is 0 Å². The Hall–Kier alpha value is -3.76. The highest BCUT2D eigenvalue weighted by Crippen LogP contribution is 2.44. The van der Waals surface area contributed by atoms with Crippen LogP contribution in [0.3, 0.4) is 0 Å². The molecule has 1 rings (SSSR count). The maximum atomic E-state index is 14.7. The summed E-state index contributed by atoms with van der Waals surface area (Å²) >= 11 is 0. The number of aliphatic carboxylic acids is 1. The lowest BCUT2D eigenvalue weighted by molar-refractivity contribution is -0.894. The maximum Gasteiger partial charge on any atom is 0.470 e. The summed E-state index contributed by atoms with van der Waals surface area (Å²) in [6.45, 7) is 21.0. The van der Waals surface area contributed by atoms with Gasteiger partial charge in [0.1, 0.15) is 36.6 Å². The molecule has 0 aromatic carbocycles. The van der Waals surface area contributed by atoms with Crippen LogP contribution in [0.2, 0.25) is 0 Å². The van der Waals surface area contributed by atoms with E-state index in [1.165, 1.54) is 58.2 Å². The van der Waals surface area contributed by atoms with E-state index in [2.05, 4.69) is 59.1 Å². The number of amides is 2. The third-order valence-corrected chi connectivity index (χ3v) is 19.7. The van der Waals surface area contributed by atoms with Crippen LogP contribution in [0.5, 0.6) is 0 Å². The molecule has 0 aromatic rings. The minimum absolute atomic E-state index is 0.113. The van der Waals surface area contributed by atoms with E-state index in [1.54, 1.807) is 4.90 Å². The number of carboxylic acid groups (broad SMARTS) is 1. The molecule has 0 aromatic heterocycles. The number of ether oxygens (including phenoxy) is 6. The normalized spacial score (nSPS) is 17.2. The van der Waals surface area contributed by atoms with Crippen LogP contribution in [0.15, 0.2) is 0 Å². The predicted molar refractivity (Wildman–Crippen MR) is 400 cm³/mol. The van der Waals surface area contributed by atoms with E-state index >= 15 is 0 Å². The van der Waals surface area contributed by atoms with Gasteiger partial charge in [-0.15, -0.1) is 0 Å². The van der Waals surface area contributed by atoms with Gasteiger partial charge in [-0.2, -0.15) is 0 Å². The summed E-state index contributed by atoms with van der Waals surface area (Å²) in [5.41, 5.74) is 0. The zero-order valence-electron chi connectivity index (χ0n) is 65.8. The van der Waals surface area contributed by atoms with Gasteiger partial charge in [0.25, 0.3) is 5.91 Å². The number of hydrogen-bond acceptors (Lipinski definition) is 17. The Morgan fingerprint density at radius 3 is 1.13 bits per heavy atom. The fourth-order valence-electron chi connectivity index (χ4n) is 12.9. The van der Waals surface area contributed by atoms with Crippen molar-refractivity contribution in [2.75, 3.05) is 32.8 Å². The van der Waals surface area contributed by atoms with Crippen LogP contribution in [0.1, 0.15) is 383 Å². The summed E-state index contributed by atoms with van der Waals surface area (Å²) in [5.74, 6) is -8.64. The minimum Gasteiger partial charge on any atom is -0.548 e. The molecule has 0 radical (unpaired) electrons. The Morgan fingerprint density at radius 2 is 0.794 bits per heavy atom. The second kappa shape index (κ2) is 65.5. The summed E-state index contributed by atoms with van der Waals surface area (Å²) in [6, 6.07) is -1.98. The lowest BCUT2D eigenvalue weighted by Gasteiger charge is -2.47. The fraction of sp³-hybridized carbons (Fsp3) is 0.911. The molecule has 0 spiro atoms. The molecule has 0 aliphatic carbocycles. The Balaban J connectivity index is 0.0000138. The molecule has 1 aliphatic heterocycles. The van der Waals surface area contributed by atoms with Gasteiger partial charge in [-0.3, -0.25) is 33.3 Å². The number of aliphatic hydroxyl groups excluding tert-OH is 1. The molecule has 6 N–H and O–H groups in total. The molecule has 1 saturated heterocycles. The molecule has 0 unspecified atom stereocenters. The second-order valence-electron chi connectivity index (χ2n) is 28.6. The number of carboxylic acids is 1. The molecule has 22 nitrogen and oxygen atoms in total. The smallest absolute Gasteiger partial charge is 0.470 e. The molecular formula is C79H150N3O19P. The van der Waals surface area contributed by atoms with Gasteiger partial charge in [0.15, 0.2) is 0 Å². The number of carbonyl (C=O) groups excluding carboxylic acids is 7. The molecule has 102 heavy (non-hydrogen) atoms. The van der Waals surface area contributed by atoms with Crippen LogP contribution in [0.4, 0.5) is 0 Å². The average Bonchev–Trinajstić information content (AvgIpc) is 0.774. The minimum atomic E-state index is -5.50. The lowest BCUT2D eigenvalue weighted by Crippen LogP contribution is -3.11. The van der Waals surface area contributed by atoms with Gasteiger partial charge in [0.05, 0.1) is 70.5 Å². The number of rotatable bonds is 68. The van der Waals surface area contributed by atoms with Crippen LogP contribution < -0.4 is 20.6 Å². The van der Waals surface area contributed by atoms with Crippen LogP contribution in [0, 0.1) is 0 Å². The third-order valence-electron chi connectivity index (χ3n) is 19.2. The standard InChI is InChI=1S/C73H135N2O19P.C6H15N/c1-7-13-19-23-27-30-34-37-43-47-59(89-69(81)52-46-40-33-26-22-16-10-4)53-65(77)74-62(72(83)84)58-88-73(75-66(78)54-60(90-67(79)50-41-17-11-5)48-44-38-35-31-28-24-20-14-8-2)56-63(71(64(57-76)93-73)94-95(85,86)87)92-70(82)55-61(91-68(80)51-42-18-12-6)49-45-39-36-32-29-25-21-15-9-3;1-4-7(5-2)6-3/h59-64,71,76H,7-58H2,1-6H3,(H,74,77)(H,75,78)(H,83,84)(H2,85,86,87);4-6H2,1-3H3/t59-,60-,61-,62+,63-,64-,71+,73-;/m1./s1. The Morgan fingerprint density at radius 1 is 0.471 bits per heavy atom. The van der Waals surface area contributed by atoms with E-state index in [-0.39, 0.29) is 19.3 Å². The lowest BCUT2D eigenvalue weighted by atomic mass is 9.98. The van der Waals surface area contributed by atoms with Gasteiger partial charge in [0, 0.05) is 19.3 Å². The first-order valence-corrected chi connectivity index (χ1v) is 42.7. The van der Waals surface area contributed by atoms with Crippen molar-refractivity contribution in [3.8, 4) is 0 Å². The summed E-state index contributed by atoms with van der Waals surface area (Å²) in [5, 5.41) is 29.1. The number of phosphoric acid groups is 1. The molecule has 1 heterocycles. The Labute approximate surface area is 618 Å². The van der Waals surface area contributed by atoms with Crippen molar-refractivity contribution < 1.29 is 96.0 Å². The van der Waals surface area contributed by atoms with Crippen molar-refractivity contribution in [2.45, 2.75) is 432 Å². The van der Waals surface area contributed by atoms with Crippen LogP contribution in [-0.2, 0) is 71.1 Å². The predicted octanol–water partition coefficient (Wildman–Crippen LogP) is 15.1. The molecule has 600 valence electrons. The van der Waals surface area contributed by atoms with E-state index < -0.39 is 137 Å². The van der Waals surface area contributed by atoms with Gasteiger partial charge >= 0.3 is 31.7 Å². The highest BCUT2D eigenvalue weighted by Gasteiger charge is 2.54. The summed E-state index contributed by atoms with van der Waals surface area (Å²) in [6.07, 6.45) is 29.6. The summed E-state index contributed by atoms with van der Waals surface area (Å²) in [7, 11) is -5.50. The quantitative estimate of drug-likeness (QED) is 0.0108. The van der Waals surface area contributed by atoms with Gasteiger partial charge in [-0.05, 0) is 78.6 Å². The largest absolute Gasteiger partial charge is 0.548 e. The Kier molecular flexibility index (Phi) is 63.1. The molecule has 23 heteroatoms. The van der Waals surface area contributed by atoms with Gasteiger partial charge in [-0.25, -0.2) is 4.57 Å². The van der Waals surface area contributed by atoms with E-state index in [0.29, 0.717) is 57.8 Å². The summed E-state index contributed by atoms with van der Waals surface area (Å²) in [4.78, 5) is 118. The number of hydrogen-bond donors (Lipinski definition) is 6. The SMILES string of the molecule is CCCCCCCCCCC[C@H](CC(=O)N[C@@H](CO[C@]1(NC(=O)C[C@@H](CCCCCCCCCCC)OC(=O)CCCCC)C[C@@H](OC(=O)C[C@@H](CCCCCCCCCCC)OC(=O)CCCCC)[C@H](OP(=O)(O)O)[C@@H](CO)O1)C(=O)[O-])OC(=O)CCCCCCCCC.CC[NH+](CC)CC. The molecule has 2 amide bonds. The molecule has 0 bridgehead atoms. The van der Waals surface area contributed by atoms with Gasteiger partial charge in [-0.1, -0.05) is 260 Å². The van der Waals surface area contributed by atoms with Crippen LogP contribution >= 0.6 is 7.82 Å². The van der Waals surface area contributed by atoms with E-state index in [1.807, 2.05) is 13.8 Å². The molecule has 8 atom stereocenters. The second-order valence-corrected chi connectivity index (χ2v) is 29.8. The average molecular weight is 1480 g/mol. The first-order valence-electron chi connectivity index (χ1n) is 41.2. The number of aliphatic hydroxyl groups is 1. The van der Waals surface area contributed by atoms with Crippen molar-refractivity contribution >= 4 is 49.5 Å². The van der Waals surface area contributed by atoms with Crippen LogP contribution in [-0.4, -0.2) is 138 Å². The maximum absolute atomic E-state index is 14.7. The highest BCUT2D eigenvalue weighted by molar-refractivity contribution is 7.46. The molecule has 0 saturated carbocycles. The number of carbonyl (C=O) groups is 7. The zero-order valence-corrected chi connectivity index (χ0v) is 66.6. The van der Waals surface area contributed by atoms with Crippen molar-refractivity contribution in [1.82, 2.24) is 10.6 Å². The molecule has 1 fully saturated rings. The number of quaternary nitrogens is 1. The van der Waals surface area contributed by atoms with Crippen molar-refractivity contribution in [3.63, 3.8) is 0 Å². The first kappa shape index (κ1) is 98.2. The van der Waals surface area contributed by atoms with E-state index in [9.17, 15) is 58.1 Å². The molecule has 1 aliphatic rings. The van der Waals surface area contributed by atoms with Gasteiger partial charge in [0.2, 0.25) is 11.8 Å². The van der Waals surface area contributed by atoms with E-state index in [0.717, 1.165) is 180 Å². The van der Waals surface area contributed by atoms with Gasteiger partial charge < -0.3 is 68.7 Å². The number of nitrogens with one attached hydrogen (secondary N) is 3. The molecular weight excluding hydrogens is 1330 g/mol. The first-order chi connectivity index (χ1) is 49.1. The third kappa shape index (κ3) is 54.8. The van der Waals surface area contributed by atoms with Crippen LogP contribution in [0.25, 0.3) is 0 Å². The summed E-state index contributed by atoms with van der Waals surface area (Å²) < 4.78 is 54.1. The Bertz CT molecular complexity index is 2150. The number of unbranched alkanes of at least 4 members (excludes halogenated alkanes) is 34. The fourth-order valence-corrected chi connectivity index (χ4v) is 13.4. The highest BCUT2D eigenvalue weighted by atomic mass is 31.2.